The second-order valence-electron chi connectivity index (χ2n) is 4.11. The average Bonchev–Trinajstić information content (AvgIpc) is 2.31. The van der Waals surface area contributed by atoms with Crippen molar-refractivity contribution in [2.75, 3.05) is 27.7 Å². The number of amides is 1. The number of hydrogen-bond donors (Lipinski definition) is 0. The van der Waals surface area contributed by atoms with E-state index in [9.17, 15) is 4.79 Å². The number of nitrogens with zero attached hydrogens (tertiary/aromatic N) is 3. The fourth-order valence-corrected chi connectivity index (χ4v) is 1.31. The Hall–Kier alpha value is -2.06. The third-order valence-electron chi connectivity index (χ3n) is 2.15. The normalized spacial score (nSPS) is 9.94. The molecule has 0 atom stereocenters. The number of carbonyl (C=O) groups excluding carboxylic acids is 1. The lowest BCUT2D eigenvalue weighted by atomic mass is 10.3. The summed E-state index contributed by atoms with van der Waals surface area (Å²) < 4.78 is 5.26. The second-order valence-corrected chi connectivity index (χ2v) is 4.11. The molecule has 0 saturated carbocycles. The minimum Gasteiger partial charge on any atom is -0.408 e. The van der Waals surface area contributed by atoms with Gasteiger partial charge in [-0.1, -0.05) is 5.92 Å². The molecular weight excluding hydrogens is 230 g/mol. The van der Waals surface area contributed by atoms with Crippen molar-refractivity contribution in [2.45, 2.75) is 6.54 Å². The van der Waals surface area contributed by atoms with Crippen LogP contribution in [-0.4, -0.2) is 48.6 Å². The summed E-state index contributed by atoms with van der Waals surface area (Å²) in [5.41, 5.74) is 0.713. The van der Waals surface area contributed by atoms with E-state index < -0.39 is 6.09 Å². The van der Waals surface area contributed by atoms with Crippen LogP contribution in [0.1, 0.15) is 5.69 Å². The molecule has 0 aliphatic rings. The number of terminal acetylenes is 1. The summed E-state index contributed by atoms with van der Waals surface area (Å²) in [6.45, 7) is 0.810. The third kappa shape index (κ3) is 4.07. The molecule has 5 heteroatoms. The molecule has 0 spiro atoms. The minimum atomic E-state index is -0.485. The lowest BCUT2D eigenvalue weighted by Gasteiger charge is -2.16. The van der Waals surface area contributed by atoms with Crippen molar-refractivity contribution in [3.05, 3.63) is 24.0 Å². The van der Waals surface area contributed by atoms with Crippen LogP contribution >= 0.6 is 0 Å². The Balaban J connectivity index is 2.78. The molecule has 0 radical (unpaired) electrons. The Bertz CT molecular complexity index is 452. The molecule has 1 aromatic rings. The zero-order valence-electron chi connectivity index (χ0n) is 10.9. The second kappa shape index (κ2) is 6.62. The van der Waals surface area contributed by atoms with E-state index in [0.29, 0.717) is 18.0 Å². The zero-order valence-corrected chi connectivity index (χ0v) is 10.9. The Morgan fingerprint density at radius 2 is 2.22 bits per heavy atom. The third-order valence-corrected chi connectivity index (χ3v) is 2.15. The number of ether oxygens (including phenoxy) is 1. The predicted octanol–water partition coefficient (Wildman–Crippen LogP) is 1.21. The van der Waals surface area contributed by atoms with Crippen LogP contribution < -0.4 is 4.74 Å². The number of pyridine rings is 1. The van der Waals surface area contributed by atoms with Gasteiger partial charge in [0.25, 0.3) is 0 Å². The van der Waals surface area contributed by atoms with Crippen LogP contribution in [0.2, 0.25) is 0 Å². The van der Waals surface area contributed by atoms with Gasteiger partial charge in [0.05, 0.1) is 12.2 Å². The smallest absolute Gasteiger partial charge is 0.408 e. The highest BCUT2D eigenvalue weighted by atomic mass is 16.6. The van der Waals surface area contributed by atoms with E-state index in [2.05, 4.69) is 10.9 Å². The molecule has 0 aliphatic carbocycles. The fraction of sp³-hybridized carbons (Fsp3) is 0.385. The number of aromatic nitrogens is 1. The van der Waals surface area contributed by atoms with Crippen LogP contribution in [0.3, 0.4) is 0 Å². The summed E-state index contributed by atoms with van der Waals surface area (Å²) in [5, 5.41) is 0. The summed E-state index contributed by atoms with van der Waals surface area (Å²) in [6, 6.07) is 3.44. The molecule has 18 heavy (non-hydrogen) atoms. The highest BCUT2D eigenvalue weighted by molar-refractivity contribution is 5.70. The summed E-state index contributed by atoms with van der Waals surface area (Å²) in [4.78, 5) is 19.2. The SMILES string of the molecule is C#CCN(C)C(=O)Oc1cccnc1CN(C)C. The van der Waals surface area contributed by atoms with Crippen molar-refractivity contribution in [3.63, 3.8) is 0 Å². The molecular formula is C13H17N3O2. The van der Waals surface area contributed by atoms with Gasteiger partial charge in [0, 0.05) is 19.8 Å². The van der Waals surface area contributed by atoms with E-state index in [1.54, 1.807) is 25.4 Å². The van der Waals surface area contributed by atoms with E-state index in [-0.39, 0.29) is 6.54 Å². The molecule has 0 aromatic carbocycles. The molecule has 1 rings (SSSR count). The van der Waals surface area contributed by atoms with Gasteiger partial charge in [0.2, 0.25) is 0 Å². The lowest BCUT2D eigenvalue weighted by Crippen LogP contribution is -2.30. The van der Waals surface area contributed by atoms with Crippen molar-refractivity contribution in [1.29, 1.82) is 0 Å². The minimum absolute atomic E-state index is 0.210. The first-order valence-electron chi connectivity index (χ1n) is 5.49. The number of hydrogen-bond acceptors (Lipinski definition) is 4. The Labute approximate surface area is 107 Å². The largest absolute Gasteiger partial charge is 0.415 e. The summed E-state index contributed by atoms with van der Waals surface area (Å²) in [5.74, 6) is 2.84. The fourth-order valence-electron chi connectivity index (χ4n) is 1.31. The standard InChI is InChI=1S/C13H17N3O2/c1-5-9-16(4)13(17)18-12-7-6-8-14-11(12)10-15(2)3/h1,6-8H,9-10H2,2-4H3. The van der Waals surface area contributed by atoms with Gasteiger partial charge in [0.15, 0.2) is 5.75 Å². The molecule has 0 N–H and O–H groups in total. The Kier molecular flexibility index (Phi) is 5.15. The summed E-state index contributed by atoms with van der Waals surface area (Å²) in [7, 11) is 5.43. The van der Waals surface area contributed by atoms with Gasteiger partial charge in [-0.25, -0.2) is 4.79 Å². The maximum absolute atomic E-state index is 11.7. The van der Waals surface area contributed by atoms with Crippen molar-refractivity contribution in [2.24, 2.45) is 0 Å². The molecule has 1 heterocycles. The van der Waals surface area contributed by atoms with Gasteiger partial charge in [-0.2, -0.15) is 0 Å². The molecule has 0 saturated heterocycles. The number of carbonyl (C=O) groups is 1. The van der Waals surface area contributed by atoms with Crippen LogP contribution in [0.5, 0.6) is 5.75 Å². The molecule has 1 amide bonds. The Morgan fingerprint density at radius 1 is 1.50 bits per heavy atom. The van der Waals surface area contributed by atoms with Gasteiger partial charge in [-0.15, -0.1) is 6.42 Å². The van der Waals surface area contributed by atoms with Crippen LogP contribution in [0.15, 0.2) is 18.3 Å². The van der Waals surface area contributed by atoms with Gasteiger partial charge in [0.1, 0.15) is 0 Å². The maximum atomic E-state index is 11.7. The van der Waals surface area contributed by atoms with Crippen LogP contribution in [0.25, 0.3) is 0 Å². The van der Waals surface area contributed by atoms with Crippen molar-refractivity contribution in [3.8, 4) is 18.1 Å². The molecule has 0 aliphatic heterocycles. The van der Waals surface area contributed by atoms with Crippen molar-refractivity contribution < 1.29 is 9.53 Å². The monoisotopic (exact) mass is 247 g/mol. The van der Waals surface area contributed by atoms with Crippen LogP contribution in [0, 0.1) is 12.3 Å². The summed E-state index contributed by atoms with van der Waals surface area (Å²) >= 11 is 0. The zero-order chi connectivity index (χ0) is 13.5. The van der Waals surface area contributed by atoms with Gasteiger partial charge < -0.3 is 9.64 Å². The lowest BCUT2D eigenvalue weighted by molar-refractivity contribution is 0.167. The van der Waals surface area contributed by atoms with Crippen LogP contribution in [0.4, 0.5) is 4.79 Å². The maximum Gasteiger partial charge on any atom is 0.415 e. The highest BCUT2D eigenvalue weighted by Crippen LogP contribution is 2.17. The first-order chi connectivity index (χ1) is 8.54. The molecule has 5 nitrogen and oxygen atoms in total. The van der Waals surface area contributed by atoms with Gasteiger partial charge in [-0.05, 0) is 26.2 Å². The van der Waals surface area contributed by atoms with Crippen molar-refractivity contribution >= 4 is 6.09 Å². The van der Waals surface area contributed by atoms with E-state index >= 15 is 0 Å². The molecule has 0 bridgehead atoms. The summed E-state index contributed by atoms with van der Waals surface area (Å²) in [6.07, 6.45) is 6.32. The Morgan fingerprint density at radius 3 is 2.83 bits per heavy atom. The molecule has 1 aromatic heterocycles. The van der Waals surface area contributed by atoms with E-state index in [4.69, 9.17) is 11.2 Å². The van der Waals surface area contributed by atoms with Gasteiger partial charge >= 0.3 is 6.09 Å². The van der Waals surface area contributed by atoms with E-state index in [0.717, 1.165) is 0 Å². The first kappa shape index (κ1) is 14.0. The van der Waals surface area contributed by atoms with Crippen molar-refractivity contribution in [1.82, 2.24) is 14.8 Å². The molecule has 0 unspecified atom stereocenters. The quantitative estimate of drug-likeness (QED) is 0.750. The van der Waals surface area contributed by atoms with E-state index in [1.165, 1.54) is 4.90 Å². The van der Waals surface area contributed by atoms with Gasteiger partial charge in [-0.3, -0.25) is 9.88 Å². The van der Waals surface area contributed by atoms with E-state index in [1.807, 2.05) is 19.0 Å². The number of rotatable bonds is 4. The first-order valence-corrected chi connectivity index (χ1v) is 5.49. The topological polar surface area (TPSA) is 45.7 Å². The highest BCUT2D eigenvalue weighted by Gasteiger charge is 2.13. The predicted molar refractivity (Wildman–Crippen MR) is 69.1 cm³/mol. The molecule has 96 valence electrons. The van der Waals surface area contributed by atoms with Crippen LogP contribution in [-0.2, 0) is 6.54 Å². The molecule has 0 fully saturated rings. The average molecular weight is 247 g/mol.